The minimum Gasteiger partial charge on any atom is -0.491 e. The van der Waals surface area contributed by atoms with Gasteiger partial charge in [0.1, 0.15) is 19.0 Å². The highest BCUT2D eigenvalue weighted by Crippen LogP contribution is 2.16. The molecule has 1 aromatic rings. The van der Waals surface area contributed by atoms with E-state index >= 15 is 0 Å². The van der Waals surface area contributed by atoms with Crippen LogP contribution >= 0.6 is 0 Å². The first kappa shape index (κ1) is 15.5. The fourth-order valence-corrected chi connectivity index (χ4v) is 1.46. The normalized spacial score (nSPS) is 10.5. The molecule has 1 aromatic carbocycles. The summed E-state index contributed by atoms with van der Waals surface area (Å²) in [6, 6.07) is 7.79. The van der Waals surface area contributed by atoms with Crippen LogP contribution in [0.3, 0.4) is 0 Å². The van der Waals surface area contributed by atoms with Gasteiger partial charge in [0.25, 0.3) is 0 Å². The molecule has 0 saturated carbocycles. The van der Waals surface area contributed by atoms with Gasteiger partial charge in [-0.2, -0.15) is 0 Å². The third-order valence-corrected chi connectivity index (χ3v) is 2.60. The summed E-state index contributed by atoms with van der Waals surface area (Å²) in [5.74, 6) is 0.948. The predicted molar refractivity (Wildman–Crippen MR) is 76.8 cm³/mol. The van der Waals surface area contributed by atoms with Crippen molar-refractivity contribution in [2.75, 3.05) is 31.7 Å². The molecule has 0 aromatic heterocycles. The summed E-state index contributed by atoms with van der Waals surface area (Å²) < 4.78 is 10.8. The molecule has 0 aliphatic heterocycles. The maximum absolute atomic E-state index is 11.3. The molecular weight excluding hydrogens is 242 g/mol. The second-order valence-corrected chi connectivity index (χ2v) is 4.58. The first-order chi connectivity index (χ1) is 9.13. The van der Waals surface area contributed by atoms with Gasteiger partial charge in [-0.25, -0.2) is 0 Å². The second kappa shape index (κ2) is 8.53. The van der Waals surface area contributed by atoms with E-state index in [4.69, 9.17) is 9.47 Å². The fourth-order valence-electron chi connectivity index (χ4n) is 1.46. The number of carbonyl (C=O) groups is 1. The number of hydrogen-bond acceptors (Lipinski definition) is 4. The number of benzene rings is 1. The van der Waals surface area contributed by atoms with Crippen molar-refractivity contribution in [3.05, 3.63) is 24.3 Å². The Hall–Kier alpha value is -1.55. The Morgan fingerprint density at radius 1 is 1.32 bits per heavy atom. The van der Waals surface area contributed by atoms with Gasteiger partial charge in [-0.05, 0) is 19.1 Å². The van der Waals surface area contributed by atoms with Gasteiger partial charge in [-0.15, -0.1) is 0 Å². The smallest absolute Gasteiger partial charge is 0.160 e. The molecule has 0 atom stereocenters. The van der Waals surface area contributed by atoms with E-state index in [2.05, 4.69) is 5.32 Å². The van der Waals surface area contributed by atoms with Gasteiger partial charge in [0.2, 0.25) is 0 Å². The Bertz CT molecular complexity index is 391. The van der Waals surface area contributed by atoms with Crippen LogP contribution in [0.25, 0.3) is 0 Å². The molecule has 1 N–H and O–H groups in total. The minimum absolute atomic E-state index is 0.0257. The van der Waals surface area contributed by atoms with E-state index in [0.717, 1.165) is 18.0 Å². The molecular formula is C15H23NO3. The zero-order valence-corrected chi connectivity index (χ0v) is 11.9. The van der Waals surface area contributed by atoms with E-state index < -0.39 is 0 Å². The first-order valence-corrected chi connectivity index (χ1v) is 6.70. The SMILES string of the molecule is CCNc1cccc(OCCOCC(=O)C(C)C)c1. The van der Waals surface area contributed by atoms with E-state index in [1.165, 1.54) is 0 Å². The summed E-state index contributed by atoms with van der Waals surface area (Å²) in [6.45, 7) is 7.70. The molecule has 0 amide bonds. The van der Waals surface area contributed by atoms with Crippen LogP contribution in [-0.2, 0) is 9.53 Å². The number of hydrogen-bond donors (Lipinski definition) is 1. The van der Waals surface area contributed by atoms with E-state index in [1.807, 2.05) is 45.0 Å². The quantitative estimate of drug-likeness (QED) is 0.697. The zero-order valence-electron chi connectivity index (χ0n) is 11.9. The standard InChI is InChI=1S/C15H23NO3/c1-4-16-13-6-5-7-14(10-13)19-9-8-18-11-15(17)12(2)3/h5-7,10,12,16H,4,8-9,11H2,1-3H3. The molecule has 4 heteroatoms. The summed E-state index contributed by atoms with van der Waals surface area (Å²) in [4.78, 5) is 11.3. The molecule has 0 heterocycles. The van der Waals surface area contributed by atoms with Crippen LogP contribution in [0.1, 0.15) is 20.8 Å². The number of carbonyl (C=O) groups excluding carboxylic acids is 1. The van der Waals surface area contributed by atoms with Crippen molar-refractivity contribution in [2.24, 2.45) is 5.92 Å². The molecule has 0 fully saturated rings. The lowest BCUT2D eigenvalue weighted by Gasteiger charge is -2.09. The Kier molecular flexibility index (Phi) is 6.97. The predicted octanol–water partition coefficient (Wildman–Crippen LogP) is 2.74. The summed E-state index contributed by atoms with van der Waals surface area (Å²) in [5, 5.41) is 3.22. The largest absolute Gasteiger partial charge is 0.491 e. The summed E-state index contributed by atoms with van der Waals surface area (Å²) in [5.41, 5.74) is 1.04. The molecule has 0 bridgehead atoms. The van der Waals surface area contributed by atoms with Gasteiger partial charge in [0.15, 0.2) is 5.78 Å². The van der Waals surface area contributed by atoms with Crippen LogP contribution in [0.15, 0.2) is 24.3 Å². The van der Waals surface area contributed by atoms with E-state index in [-0.39, 0.29) is 18.3 Å². The van der Waals surface area contributed by atoms with E-state index in [1.54, 1.807) is 0 Å². The van der Waals surface area contributed by atoms with Crippen molar-refractivity contribution < 1.29 is 14.3 Å². The van der Waals surface area contributed by atoms with Crippen molar-refractivity contribution >= 4 is 11.5 Å². The average molecular weight is 265 g/mol. The lowest BCUT2D eigenvalue weighted by Crippen LogP contribution is -2.17. The van der Waals surface area contributed by atoms with Crippen molar-refractivity contribution in [3.8, 4) is 5.75 Å². The molecule has 0 aliphatic rings. The van der Waals surface area contributed by atoms with Crippen molar-refractivity contribution in [1.82, 2.24) is 0 Å². The van der Waals surface area contributed by atoms with Crippen LogP contribution in [0.2, 0.25) is 0 Å². The molecule has 4 nitrogen and oxygen atoms in total. The average Bonchev–Trinajstić information content (AvgIpc) is 2.39. The number of rotatable bonds is 9. The Balaban J connectivity index is 2.22. The van der Waals surface area contributed by atoms with Gasteiger partial charge >= 0.3 is 0 Å². The highest BCUT2D eigenvalue weighted by molar-refractivity contribution is 5.81. The first-order valence-electron chi connectivity index (χ1n) is 6.70. The maximum Gasteiger partial charge on any atom is 0.160 e. The van der Waals surface area contributed by atoms with E-state index in [9.17, 15) is 4.79 Å². The number of ketones is 1. The summed E-state index contributed by atoms with van der Waals surface area (Å²) in [7, 11) is 0. The van der Waals surface area contributed by atoms with Crippen LogP contribution in [0.5, 0.6) is 5.75 Å². The lowest BCUT2D eigenvalue weighted by molar-refractivity contribution is -0.126. The van der Waals surface area contributed by atoms with E-state index in [0.29, 0.717) is 13.2 Å². The second-order valence-electron chi connectivity index (χ2n) is 4.58. The molecule has 0 aliphatic carbocycles. The lowest BCUT2D eigenvalue weighted by atomic mass is 10.1. The number of nitrogens with one attached hydrogen (secondary N) is 1. The van der Waals surface area contributed by atoms with Crippen molar-refractivity contribution in [3.63, 3.8) is 0 Å². The third-order valence-electron chi connectivity index (χ3n) is 2.60. The Morgan fingerprint density at radius 2 is 2.11 bits per heavy atom. The van der Waals surface area contributed by atoms with Gasteiger partial charge in [0.05, 0.1) is 6.61 Å². The topological polar surface area (TPSA) is 47.6 Å². The molecule has 0 radical (unpaired) electrons. The Labute approximate surface area is 115 Å². The third kappa shape index (κ3) is 6.25. The van der Waals surface area contributed by atoms with Crippen molar-refractivity contribution in [1.29, 1.82) is 0 Å². The van der Waals surface area contributed by atoms with Gasteiger partial charge < -0.3 is 14.8 Å². The molecule has 0 spiro atoms. The minimum atomic E-state index is 0.0257. The number of Topliss-reactive ketones (excluding diaryl/α,β-unsaturated/α-hetero) is 1. The monoisotopic (exact) mass is 265 g/mol. The van der Waals surface area contributed by atoms with Crippen LogP contribution in [0, 0.1) is 5.92 Å². The fraction of sp³-hybridized carbons (Fsp3) is 0.533. The zero-order chi connectivity index (χ0) is 14.1. The Morgan fingerprint density at radius 3 is 2.79 bits per heavy atom. The highest BCUT2D eigenvalue weighted by Gasteiger charge is 2.06. The molecule has 19 heavy (non-hydrogen) atoms. The van der Waals surface area contributed by atoms with Crippen LogP contribution in [0.4, 0.5) is 5.69 Å². The number of anilines is 1. The van der Waals surface area contributed by atoms with Gasteiger partial charge in [0, 0.05) is 24.2 Å². The number of ether oxygens (including phenoxy) is 2. The maximum atomic E-state index is 11.3. The van der Waals surface area contributed by atoms with Crippen LogP contribution in [-0.4, -0.2) is 32.1 Å². The molecule has 1 rings (SSSR count). The highest BCUT2D eigenvalue weighted by atomic mass is 16.5. The van der Waals surface area contributed by atoms with Gasteiger partial charge in [-0.3, -0.25) is 4.79 Å². The summed E-state index contributed by atoms with van der Waals surface area (Å²) >= 11 is 0. The molecule has 106 valence electrons. The summed E-state index contributed by atoms with van der Waals surface area (Å²) in [6.07, 6.45) is 0. The van der Waals surface area contributed by atoms with Crippen LogP contribution < -0.4 is 10.1 Å². The van der Waals surface area contributed by atoms with Gasteiger partial charge in [-0.1, -0.05) is 19.9 Å². The van der Waals surface area contributed by atoms with Crippen molar-refractivity contribution in [2.45, 2.75) is 20.8 Å². The molecule has 0 unspecified atom stereocenters. The molecule has 0 saturated heterocycles.